The maximum absolute atomic E-state index is 11.1. The van der Waals surface area contributed by atoms with Gasteiger partial charge in [-0.15, -0.1) is 0 Å². The van der Waals surface area contributed by atoms with Crippen LogP contribution in [0, 0.1) is 6.92 Å². The maximum Gasteiger partial charge on any atom is 0.153 e. The van der Waals surface area contributed by atoms with Gasteiger partial charge in [-0.2, -0.15) is 0 Å². The number of nitrogens with one attached hydrogen (secondary N) is 1. The molecule has 0 amide bonds. The van der Waals surface area contributed by atoms with Gasteiger partial charge in [-0.3, -0.25) is 4.79 Å². The monoisotopic (exact) mass is 287 g/mol. The summed E-state index contributed by atoms with van der Waals surface area (Å²) < 4.78 is 7.34. The molecular weight excluding hydrogens is 266 g/mol. The van der Waals surface area contributed by atoms with Gasteiger partial charge in [0.05, 0.1) is 11.7 Å². The van der Waals surface area contributed by atoms with E-state index in [1.165, 1.54) is 0 Å². The number of ether oxygens (including phenoxy) is 1. The average Bonchev–Trinajstić information content (AvgIpc) is 2.91. The number of aromatic nitrogens is 2. The van der Waals surface area contributed by atoms with E-state index in [9.17, 15) is 4.79 Å². The number of aldehydes is 1. The lowest BCUT2D eigenvalue weighted by Gasteiger charge is -2.28. The van der Waals surface area contributed by atoms with Crippen LogP contribution in [0.2, 0.25) is 0 Å². The van der Waals surface area contributed by atoms with Crippen molar-refractivity contribution < 1.29 is 9.53 Å². The van der Waals surface area contributed by atoms with Crippen molar-refractivity contribution in [1.82, 2.24) is 9.38 Å². The Labute approximate surface area is 124 Å². The number of rotatable bonds is 4. The summed E-state index contributed by atoms with van der Waals surface area (Å²) in [5, 5.41) is 3.50. The van der Waals surface area contributed by atoms with Gasteiger partial charge in [0.15, 0.2) is 6.29 Å². The highest BCUT2D eigenvalue weighted by molar-refractivity contribution is 5.85. The van der Waals surface area contributed by atoms with Gasteiger partial charge >= 0.3 is 0 Å². The molecule has 1 saturated carbocycles. The van der Waals surface area contributed by atoms with E-state index in [4.69, 9.17) is 4.74 Å². The number of methoxy groups -OCH3 is 1. The van der Waals surface area contributed by atoms with Crippen LogP contribution in [0.5, 0.6) is 0 Å². The van der Waals surface area contributed by atoms with Gasteiger partial charge in [-0.05, 0) is 38.7 Å². The second-order valence-electron chi connectivity index (χ2n) is 5.72. The summed E-state index contributed by atoms with van der Waals surface area (Å²) >= 11 is 0. The highest BCUT2D eigenvalue weighted by Crippen LogP contribution is 2.24. The SMILES string of the molecule is COC1CCC(Nc2cc(C)n3ccc(C=O)c3n2)CC1. The number of hydrogen-bond donors (Lipinski definition) is 1. The minimum atomic E-state index is 0.396. The number of hydrogen-bond acceptors (Lipinski definition) is 4. The molecule has 5 heteroatoms. The fourth-order valence-electron chi connectivity index (χ4n) is 3.07. The van der Waals surface area contributed by atoms with Crippen molar-refractivity contribution in [3.05, 3.63) is 29.6 Å². The van der Waals surface area contributed by atoms with Crippen molar-refractivity contribution in [2.45, 2.75) is 44.8 Å². The van der Waals surface area contributed by atoms with E-state index in [2.05, 4.69) is 10.3 Å². The Morgan fingerprint density at radius 3 is 2.81 bits per heavy atom. The predicted molar refractivity (Wildman–Crippen MR) is 82.0 cm³/mol. The summed E-state index contributed by atoms with van der Waals surface area (Å²) in [6, 6.07) is 4.26. The van der Waals surface area contributed by atoms with Gasteiger partial charge in [0.1, 0.15) is 11.5 Å². The van der Waals surface area contributed by atoms with Crippen LogP contribution in [0.3, 0.4) is 0 Å². The highest BCUT2D eigenvalue weighted by atomic mass is 16.5. The van der Waals surface area contributed by atoms with Gasteiger partial charge < -0.3 is 14.5 Å². The molecule has 1 N–H and O–H groups in total. The molecule has 0 spiro atoms. The van der Waals surface area contributed by atoms with Crippen molar-refractivity contribution in [3.63, 3.8) is 0 Å². The third-order valence-electron chi connectivity index (χ3n) is 4.33. The van der Waals surface area contributed by atoms with E-state index in [0.717, 1.165) is 49.1 Å². The first-order valence-electron chi connectivity index (χ1n) is 7.44. The number of carbonyl (C=O) groups is 1. The summed E-state index contributed by atoms with van der Waals surface area (Å²) in [7, 11) is 1.78. The maximum atomic E-state index is 11.1. The Hall–Kier alpha value is -1.88. The first kappa shape index (κ1) is 14.1. The van der Waals surface area contributed by atoms with Crippen molar-refractivity contribution in [1.29, 1.82) is 0 Å². The molecule has 1 fully saturated rings. The second kappa shape index (κ2) is 5.85. The number of nitrogens with zero attached hydrogens (tertiary/aromatic N) is 2. The molecule has 0 unspecified atom stereocenters. The molecule has 5 nitrogen and oxygen atoms in total. The summed E-state index contributed by atoms with van der Waals surface area (Å²) in [4.78, 5) is 15.7. The summed E-state index contributed by atoms with van der Waals surface area (Å²) in [5.41, 5.74) is 2.42. The third-order valence-corrected chi connectivity index (χ3v) is 4.33. The lowest BCUT2D eigenvalue weighted by atomic mass is 9.93. The quantitative estimate of drug-likeness (QED) is 0.879. The van der Waals surface area contributed by atoms with E-state index < -0.39 is 0 Å². The molecule has 0 radical (unpaired) electrons. The second-order valence-corrected chi connectivity index (χ2v) is 5.72. The van der Waals surface area contributed by atoms with Crippen LogP contribution in [0.25, 0.3) is 5.65 Å². The molecule has 21 heavy (non-hydrogen) atoms. The van der Waals surface area contributed by atoms with E-state index in [0.29, 0.717) is 17.7 Å². The van der Waals surface area contributed by atoms with Crippen LogP contribution in [0.4, 0.5) is 5.82 Å². The summed E-state index contributed by atoms with van der Waals surface area (Å²) in [6.07, 6.45) is 7.48. The normalized spacial score (nSPS) is 22.4. The molecule has 2 aromatic rings. The van der Waals surface area contributed by atoms with Gasteiger partial charge in [-0.1, -0.05) is 0 Å². The Balaban J connectivity index is 1.79. The van der Waals surface area contributed by atoms with Crippen molar-refractivity contribution in [3.8, 4) is 0 Å². The Kier molecular flexibility index (Phi) is 3.92. The van der Waals surface area contributed by atoms with Crippen LogP contribution in [0.15, 0.2) is 18.3 Å². The van der Waals surface area contributed by atoms with Crippen LogP contribution in [0.1, 0.15) is 41.7 Å². The van der Waals surface area contributed by atoms with E-state index in [-0.39, 0.29) is 0 Å². The molecule has 1 aliphatic carbocycles. The van der Waals surface area contributed by atoms with Crippen LogP contribution < -0.4 is 5.32 Å². The van der Waals surface area contributed by atoms with E-state index in [1.54, 1.807) is 13.2 Å². The molecule has 0 bridgehead atoms. The molecule has 2 heterocycles. The lowest BCUT2D eigenvalue weighted by molar-refractivity contribution is 0.0681. The molecule has 0 aromatic carbocycles. The Morgan fingerprint density at radius 2 is 2.14 bits per heavy atom. The third kappa shape index (κ3) is 2.78. The van der Waals surface area contributed by atoms with Crippen LogP contribution in [-0.2, 0) is 4.74 Å². The zero-order valence-electron chi connectivity index (χ0n) is 12.5. The molecule has 2 aromatic heterocycles. The molecule has 3 rings (SSSR count). The molecule has 0 aliphatic heterocycles. The average molecular weight is 287 g/mol. The minimum absolute atomic E-state index is 0.396. The lowest BCUT2D eigenvalue weighted by Crippen LogP contribution is -2.29. The zero-order chi connectivity index (χ0) is 14.8. The number of carbonyl (C=O) groups excluding carboxylic acids is 1. The van der Waals surface area contributed by atoms with Crippen molar-refractivity contribution in [2.24, 2.45) is 0 Å². The molecular formula is C16H21N3O2. The largest absolute Gasteiger partial charge is 0.381 e. The summed E-state index contributed by atoms with van der Waals surface area (Å²) in [5.74, 6) is 0.850. The van der Waals surface area contributed by atoms with Gasteiger partial charge in [-0.25, -0.2) is 4.98 Å². The van der Waals surface area contributed by atoms with Crippen LogP contribution in [-0.4, -0.2) is 34.9 Å². The molecule has 0 atom stereocenters. The molecule has 1 aliphatic rings. The topological polar surface area (TPSA) is 55.6 Å². The minimum Gasteiger partial charge on any atom is -0.381 e. The highest BCUT2D eigenvalue weighted by Gasteiger charge is 2.21. The van der Waals surface area contributed by atoms with Crippen molar-refractivity contribution in [2.75, 3.05) is 12.4 Å². The number of fused-ring (bicyclic) bond motifs is 1. The fourth-order valence-corrected chi connectivity index (χ4v) is 3.07. The standard InChI is InChI=1S/C16H21N3O2/c1-11-9-15(17-13-3-5-14(21-2)6-4-13)18-16-12(10-20)7-8-19(11)16/h7-10,13-14H,3-6H2,1-2H3,(H,17,18). The van der Waals surface area contributed by atoms with Gasteiger partial charge in [0.25, 0.3) is 0 Å². The smallest absolute Gasteiger partial charge is 0.153 e. The summed E-state index contributed by atoms with van der Waals surface area (Å²) in [6.45, 7) is 2.02. The Morgan fingerprint density at radius 1 is 1.38 bits per heavy atom. The van der Waals surface area contributed by atoms with E-state index >= 15 is 0 Å². The Bertz CT molecular complexity index is 642. The zero-order valence-corrected chi connectivity index (χ0v) is 12.5. The first-order valence-corrected chi connectivity index (χ1v) is 7.44. The first-order chi connectivity index (χ1) is 10.2. The van der Waals surface area contributed by atoms with Crippen LogP contribution >= 0.6 is 0 Å². The van der Waals surface area contributed by atoms with Crippen molar-refractivity contribution >= 4 is 17.8 Å². The number of anilines is 1. The van der Waals surface area contributed by atoms with E-state index in [1.807, 2.05) is 23.6 Å². The fraction of sp³-hybridized carbons (Fsp3) is 0.500. The predicted octanol–water partition coefficient (Wildman–Crippen LogP) is 2.82. The van der Waals surface area contributed by atoms with Gasteiger partial charge in [0.2, 0.25) is 0 Å². The molecule has 112 valence electrons. The number of aryl methyl sites for hydroxylation is 1. The van der Waals surface area contributed by atoms with Gasteiger partial charge in [0, 0.05) is 31.1 Å². The molecule has 0 saturated heterocycles.